The Kier molecular flexibility index (Phi) is 13.8. The second-order valence-electron chi connectivity index (χ2n) is 9.15. The predicted octanol–water partition coefficient (Wildman–Crippen LogP) is 4.10. The smallest absolute Gasteiger partial charge is 0.307 e. The van der Waals surface area contributed by atoms with Gasteiger partial charge in [0, 0.05) is 19.5 Å². The van der Waals surface area contributed by atoms with Gasteiger partial charge in [0.05, 0.1) is 31.9 Å². The van der Waals surface area contributed by atoms with Crippen molar-refractivity contribution in [2.45, 2.75) is 25.4 Å². The van der Waals surface area contributed by atoms with Crippen molar-refractivity contribution in [2.75, 3.05) is 67.0 Å². The molecule has 0 aliphatic rings. The lowest BCUT2D eigenvalue weighted by Gasteiger charge is -2.17. The Labute approximate surface area is 225 Å². The lowest BCUT2D eigenvalue weighted by molar-refractivity contribution is -0.149. The number of nitrogens with zero attached hydrogens (tertiary/aromatic N) is 2. The fraction of sp³-hybridized carbons (Fsp3) is 0.500. The first-order valence-corrected chi connectivity index (χ1v) is 13.0. The maximum atomic E-state index is 11.9. The van der Waals surface area contributed by atoms with Gasteiger partial charge in [0.2, 0.25) is 0 Å². The fourth-order valence-corrected chi connectivity index (χ4v) is 3.32. The van der Waals surface area contributed by atoms with E-state index in [1.54, 1.807) is 0 Å². The average molecular weight is 535 g/mol. The molecule has 8 nitrogen and oxygen atoms in total. The third-order valence-corrected chi connectivity index (χ3v) is 5.64. The Morgan fingerprint density at radius 3 is 1.78 bits per heavy atom. The van der Waals surface area contributed by atoms with Crippen molar-refractivity contribution in [3.05, 3.63) is 48.5 Å². The number of carbonyl (C=O) groups is 2. The van der Waals surface area contributed by atoms with Gasteiger partial charge in [-0.2, -0.15) is 0 Å². The molecule has 0 saturated carbocycles. The second kappa shape index (κ2) is 16.8. The van der Waals surface area contributed by atoms with Crippen molar-refractivity contribution in [1.29, 1.82) is 0 Å². The van der Waals surface area contributed by atoms with Crippen molar-refractivity contribution < 1.29 is 28.5 Å². The Morgan fingerprint density at radius 2 is 1.27 bits per heavy atom. The Hall–Kier alpha value is -2.81. The van der Waals surface area contributed by atoms with Crippen LogP contribution in [-0.2, 0) is 19.1 Å². The van der Waals surface area contributed by atoms with Crippen molar-refractivity contribution in [3.8, 4) is 22.6 Å². The molecule has 204 valence electrons. The molecule has 0 saturated heterocycles. The summed E-state index contributed by atoms with van der Waals surface area (Å²) >= 11 is 5.94. The molecule has 0 spiro atoms. The molecule has 1 unspecified atom stereocenters. The first-order chi connectivity index (χ1) is 17.8. The number of halogens is 1. The van der Waals surface area contributed by atoms with E-state index >= 15 is 0 Å². The molecule has 9 heteroatoms. The fourth-order valence-electron chi connectivity index (χ4n) is 3.17. The standard InChI is InChI=1S/C28H39ClN2O6/c1-30(2)16-14-27(32)35-19-5-18-34-24-10-6-22(7-11-24)23-8-12-25(13-9-23)36-21-26(20-29)37-28(33)15-17-31(3)4/h6-13,26H,5,14-21H2,1-4H3. The van der Waals surface area contributed by atoms with E-state index in [4.69, 9.17) is 30.5 Å². The normalized spacial score (nSPS) is 11.9. The van der Waals surface area contributed by atoms with Crippen LogP contribution in [0.3, 0.4) is 0 Å². The number of carbonyl (C=O) groups excluding carboxylic acids is 2. The summed E-state index contributed by atoms with van der Waals surface area (Å²) in [7, 11) is 7.65. The second-order valence-corrected chi connectivity index (χ2v) is 9.46. The first-order valence-electron chi connectivity index (χ1n) is 12.4. The quantitative estimate of drug-likeness (QED) is 0.170. The molecule has 0 bridgehead atoms. The van der Waals surface area contributed by atoms with Gasteiger partial charge in [-0.25, -0.2) is 0 Å². The SMILES string of the molecule is CN(C)CCC(=O)OCCCOc1ccc(-c2ccc(OCC(CCl)OC(=O)CCN(C)C)cc2)cc1. The highest BCUT2D eigenvalue weighted by Gasteiger charge is 2.15. The zero-order chi connectivity index (χ0) is 27.0. The molecule has 2 aromatic carbocycles. The minimum absolute atomic E-state index is 0.169. The molecule has 37 heavy (non-hydrogen) atoms. The van der Waals surface area contributed by atoms with Gasteiger partial charge in [0.15, 0.2) is 0 Å². The zero-order valence-electron chi connectivity index (χ0n) is 22.3. The molecule has 2 rings (SSSR count). The lowest BCUT2D eigenvalue weighted by Crippen LogP contribution is -2.28. The Morgan fingerprint density at radius 1 is 0.757 bits per heavy atom. The molecule has 0 N–H and O–H groups in total. The molecule has 0 aliphatic carbocycles. The predicted molar refractivity (Wildman–Crippen MR) is 145 cm³/mol. The van der Waals surface area contributed by atoms with Gasteiger partial charge in [-0.05, 0) is 63.6 Å². The average Bonchev–Trinajstić information content (AvgIpc) is 2.89. The largest absolute Gasteiger partial charge is 0.493 e. The summed E-state index contributed by atoms with van der Waals surface area (Å²) in [4.78, 5) is 27.4. The molecule has 1 atom stereocenters. The summed E-state index contributed by atoms with van der Waals surface area (Å²) < 4.78 is 22.1. The number of esters is 2. The van der Waals surface area contributed by atoms with Gasteiger partial charge in [0.25, 0.3) is 0 Å². The third-order valence-electron chi connectivity index (χ3n) is 5.29. The van der Waals surface area contributed by atoms with Crippen LogP contribution in [0.25, 0.3) is 11.1 Å². The van der Waals surface area contributed by atoms with Crippen LogP contribution in [0.2, 0.25) is 0 Å². The van der Waals surface area contributed by atoms with Crippen LogP contribution in [0.1, 0.15) is 19.3 Å². The molecular weight excluding hydrogens is 496 g/mol. The minimum atomic E-state index is -0.501. The monoisotopic (exact) mass is 534 g/mol. The van der Waals surface area contributed by atoms with Gasteiger partial charge >= 0.3 is 11.9 Å². The summed E-state index contributed by atoms with van der Waals surface area (Å²) in [5.41, 5.74) is 2.08. The van der Waals surface area contributed by atoms with Crippen LogP contribution in [0.4, 0.5) is 0 Å². The van der Waals surface area contributed by atoms with Gasteiger partial charge in [-0.3, -0.25) is 9.59 Å². The van der Waals surface area contributed by atoms with Crippen molar-refractivity contribution >= 4 is 23.5 Å². The van der Waals surface area contributed by atoms with Gasteiger partial charge < -0.3 is 28.7 Å². The Bertz CT molecular complexity index is 935. The van der Waals surface area contributed by atoms with Crippen molar-refractivity contribution in [3.63, 3.8) is 0 Å². The summed E-state index contributed by atoms with van der Waals surface area (Å²) in [5, 5.41) is 0. The minimum Gasteiger partial charge on any atom is -0.493 e. The topological polar surface area (TPSA) is 77.5 Å². The number of rotatable bonds is 17. The molecule has 0 fully saturated rings. The lowest BCUT2D eigenvalue weighted by atomic mass is 10.1. The van der Waals surface area contributed by atoms with Crippen LogP contribution in [0, 0.1) is 0 Å². The van der Waals surface area contributed by atoms with Crippen molar-refractivity contribution in [1.82, 2.24) is 9.80 Å². The van der Waals surface area contributed by atoms with E-state index in [2.05, 4.69) is 0 Å². The van der Waals surface area contributed by atoms with Gasteiger partial charge in [-0.15, -0.1) is 11.6 Å². The summed E-state index contributed by atoms with van der Waals surface area (Å²) in [5.74, 6) is 1.12. The highest BCUT2D eigenvalue weighted by molar-refractivity contribution is 6.18. The van der Waals surface area contributed by atoms with Gasteiger partial charge in [-0.1, -0.05) is 24.3 Å². The molecule has 0 heterocycles. The summed E-state index contributed by atoms with van der Waals surface area (Å²) in [6, 6.07) is 15.5. The zero-order valence-corrected chi connectivity index (χ0v) is 23.0. The molecular formula is C28H39ClN2O6. The molecule has 0 aromatic heterocycles. The van der Waals surface area contributed by atoms with Crippen LogP contribution >= 0.6 is 11.6 Å². The van der Waals surface area contributed by atoms with Crippen LogP contribution in [0.5, 0.6) is 11.5 Å². The van der Waals surface area contributed by atoms with Crippen LogP contribution < -0.4 is 9.47 Å². The number of benzene rings is 2. The number of hydrogen-bond acceptors (Lipinski definition) is 8. The number of hydrogen-bond donors (Lipinski definition) is 0. The maximum Gasteiger partial charge on any atom is 0.307 e. The highest BCUT2D eigenvalue weighted by Crippen LogP contribution is 2.25. The molecule has 0 aliphatic heterocycles. The Balaban J connectivity index is 1.72. The number of ether oxygens (including phenoxy) is 4. The molecule has 0 radical (unpaired) electrons. The summed E-state index contributed by atoms with van der Waals surface area (Å²) in [6.07, 6.45) is 0.838. The van der Waals surface area contributed by atoms with Crippen LogP contribution in [0.15, 0.2) is 48.5 Å². The van der Waals surface area contributed by atoms with Crippen LogP contribution in [-0.4, -0.2) is 94.8 Å². The molecule has 0 amide bonds. The van der Waals surface area contributed by atoms with Gasteiger partial charge in [0.1, 0.15) is 24.2 Å². The third kappa shape index (κ3) is 12.8. The van der Waals surface area contributed by atoms with E-state index in [1.165, 1.54) is 0 Å². The van der Waals surface area contributed by atoms with E-state index in [0.29, 0.717) is 51.3 Å². The van der Waals surface area contributed by atoms with E-state index in [1.807, 2.05) is 86.5 Å². The van der Waals surface area contributed by atoms with E-state index in [0.717, 1.165) is 16.9 Å². The van der Waals surface area contributed by atoms with E-state index in [9.17, 15) is 9.59 Å². The maximum absolute atomic E-state index is 11.9. The van der Waals surface area contributed by atoms with E-state index < -0.39 is 6.10 Å². The molecule has 2 aromatic rings. The number of alkyl halides is 1. The highest BCUT2D eigenvalue weighted by atomic mass is 35.5. The van der Waals surface area contributed by atoms with E-state index in [-0.39, 0.29) is 24.4 Å². The summed E-state index contributed by atoms with van der Waals surface area (Å²) in [6.45, 7) is 2.32. The first kappa shape index (κ1) is 30.4. The van der Waals surface area contributed by atoms with Crippen molar-refractivity contribution in [2.24, 2.45) is 0 Å².